The molecule has 0 aliphatic carbocycles. The predicted molar refractivity (Wildman–Crippen MR) is 98.4 cm³/mol. The average molecular weight is 376 g/mol. The number of anilines is 1. The highest BCUT2D eigenvalue weighted by atomic mass is 79.9. The summed E-state index contributed by atoms with van der Waals surface area (Å²) in [4.78, 5) is 12.5. The van der Waals surface area contributed by atoms with Gasteiger partial charge in [-0.1, -0.05) is 32.0 Å². The Hall–Kier alpha value is -1.81. The highest BCUT2D eigenvalue weighted by molar-refractivity contribution is 9.10. The first-order valence-corrected chi connectivity index (χ1v) is 8.68. The summed E-state index contributed by atoms with van der Waals surface area (Å²) in [6.45, 7) is 6.83. The normalized spacial score (nSPS) is 11.8. The molecule has 0 radical (unpaired) electrons. The molecule has 2 aromatic rings. The highest BCUT2D eigenvalue weighted by Gasteiger charge is 2.13. The van der Waals surface area contributed by atoms with Crippen molar-refractivity contribution in [3.8, 4) is 5.75 Å². The van der Waals surface area contributed by atoms with E-state index in [1.807, 2.05) is 31.2 Å². The fraction of sp³-hybridized carbons (Fsp3) is 0.316. The molecule has 2 rings (SSSR count). The van der Waals surface area contributed by atoms with Crippen LogP contribution < -0.4 is 10.1 Å². The van der Waals surface area contributed by atoms with Crippen molar-refractivity contribution >= 4 is 27.5 Å². The number of amides is 1. The van der Waals surface area contributed by atoms with Crippen LogP contribution in [0, 0.1) is 0 Å². The zero-order chi connectivity index (χ0) is 16.8. The van der Waals surface area contributed by atoms with E-state index in [2.05, 4.69) is 41.2 Å². The molecule has 0 spiro atoms. The lowest BCUT2D eigenvalue weighted by Gasteiger charge is -2.16. The molecule has 0 bridgehead atoms. The molecule has 2 aromatic carbocycles. The number of ether oxygens (including phenoxy) is 1. The molecule has 4 heteroatoms. The Bertz CT molecular complexity index is 685. The summed E-state index contributed by atoms with van der Waals surface area (Å²) < 4.78 is 6.26. The zero-order valence-corrected chi connectivity index (χ0v) is 15.3. The molecule has 122 valence electrons. The molecule has 0 fully saturated rings. The topological polar surface area (TPSA) is 38.3 Å². The SMILES string of the molecule is CCOc1ccc(C(=O)Nc2ccccc2[C@H](C)CC)cc1Br. The molecule has 23 heavy (non-hydrogen) atoms. The third-order valence-electron chi connectivity index (χ3n) is 3.85. The van der Waals surface area contributed by atoms with Crippen molar-refractivity contribution < 1.29 is 9.53 Å². The molecule has 1 N–H and O–H groups in total. The van der Waals surface area contributed by atoms with E-state index in [0.717, 1.165) is 27.9 Å². The van der Waals surface area contributed by atoms with Crippen LogP contribution in [0.4, 0.5) is 5.69 Å². The van der Waals surface area contributed by atoms with E-state index >= 15 is 0 Å². The minimum Gasteiger partial charge on any atom is -0.493 e. The highest BCUT2D eigenvalue weighted by Crippen LogP contribution is 2.29. The number of nitrogens with one attached hydrogen (secondary N) is 1. The second-order valence-electron chi connectivity index (χ2n) is 5.43. The lowest BCUT2D eigenvalue weighted by atomic mass is 9.97. The number of halogens is 1. The standard InChI is InChI=1S/C19H22BrNO2/c1-4-13(3)15-8-6-7-9-17(15)21-19(22)14-10-11-18(23-5-2)16(20)12-14/h6-13H,4-5H2,1-3H3,(H,21,22)/t13-/m1/s1. The van der Waals surface area contributed by atoms with Gasteiger partial charge in [0.15, 0.2) is 0 Å². The predicted octanol–water partition coefficient (Wildman–Crippen LogP) is 5.61. The minimum absolute atomic E-state index is 0.121. The van der Waals surface area contributed by atoms with Crippen LogP contribution in [-0.2, 0) is 0 Å². The molecule has 0 aromatic heterocycles. The molecule has 0 unspecified atom stereocenters. The van der Waals surface area contributed by atoms with Crippen molar-refractivity contribution in [3.05, 3.63) is 58.1 Å². The van der Waals surface area contributed by atoms with Gasteiger partial charge >= 0.3 is 0 Å². The van der Waals surface area contributed by atoms with Gasteiger partial charge in [-0.15, -0.1) is 0 Å². The smallest absolute Gasteiger partial charge is 0.255 e. The Morgan fingerprint density at radius 3 is 2.61 bits per heavy atom. The lowest BCUT2D eigenvalue weighted by Crippen LogP contribution is -2.14. The maximum Gasteiger partial charge on any atom is 0.255 e. The minimum atomic E-state index is -0.121. The van der Waals surface area contributed by atoms with Crippen LogP contribution in [0.5, 0.6) is 5.75 Å². The van der Waals surface area contributed by atoms with Crippen LogP contribution in [0.2, 0.25) is 0 Å². The third kappa shape index (κ3) is 4.35. The van der Waals surface area contributed by atoms with Gasteiger partial charge in [-0.3, -0.25) is 4.79 Å². The van der Waals surface area contributed by atoms with Gasteiger partial charge < -0.3 is 10.1 Å². The molecule has 0 aliphatic heterocycles. The second-order valence-corrected chi connectivity index (χ2v) is 6.28. The van der Waals surface area contributed by atoms with Crippen molar-refractivity contribution in [1.29, 1.82) is 0 Å². The lowest BCUT2D eigenvalue weighted by molar-refractivity contribution is 0.102. The zero-order valence-electron chi connectivity index (χ0n) is 13.7. The number of hydrogen-bond donors (Lipinski definition) is 1. The summed E-state index contributed by atoms with van der Waals surface area (Å²) in [7, 11) is 0. The van der Waals surface area contributed by atoms with Crippen LogP contribution in [-0.4, -0.2) is 12.5 Å². The quantitative estimate of drug-likeness (QED) is 0.711. The fourth-order valence-corrected chi connectivity index (χ4v) is 2.86. The van der Waals surface area contributed by atoms with Gasteiger partial charge in [-0.25, -0.2) is 0 Å². The first-order valence-electron chi connectivity index (χ1n) is 7.89. The first-order chi connectivity index (χ1) is 11.1. The number of benzene rings is 2. The van der Waals surface area contributed by atoms with E-state index in [0.29, 0.717) is 18.1 Å². The Morgan fingerprint density at radius 1 is 1.22 bits per heavy atom. The van der Waals surface area contributed by atoms with Crippen molar-refractivity contribution in [2.45, 2.75) is 33.1 Å². The van der Waals surface area contributed by atoms with Gasteiger partial charge in [0, 0.05) is 11.3 Å². The van der Waals surface area contributed by atoms with Gasteiger partial charge in [-0.2, -0.15) is 0 Å². The number of rotatable bonds is 6. The number of hydrogen-bond acceptors (Lipinski definition) is 2. The van der Waals surface area contributed by atoms with Gasteiger partial charge in [0.2, 0.25) is 0 Å². The van der Waals surface area contributed by atoms with Crippen molar-refractivity contribution in [1.82, 2.24) is 0 Å². The maximum atomic E-state index is 12.5. The summed E-state index contributed by atoms with van der Waals surface area (Å²) in [6, 6.07) is 13.3. The van der Waals surface area contributed by atoms with Crippen LogP contribution >= 0.6 is 15.9 Å². The summed E-state index contributed by atoms with van der Waals surface area (Å²) >= 11 is 3.45. The average Bonchev–Trinajstić information content (AvgIpc) is 2.56. The van der Waals surface area contributed by atoms with E-state index in [1.165, 1.54) is 0 Å². The molecular formula is C19H22BrNO2. The van der Waals surface area contributed by atoms with Crippen molar-refractivity contribution in [2.75, 3.05) is 11.9 Å². The van der Waals surface area contributed by atoms with E-state index in [9.17, 15) is 4.79 Å². The number of carbonyl (C=O) groups excluding carboxylic acids is 1. The largest absolute Gasteiger partial charge is 0.493 e. The number of carbonyl (C=O) groups is 1. The summed E-state index contributed by atoms with van der Waals surface area (Å²) in [5.74, 6) is 1.02. The first kappa shape index (κ1) is 17.5. The van der Waals surface area contributed by atoms with Crippen LogP contribution in [0.25, 0.3) is 0 Å². The molecule has 0 heterocycles. The summed E-state index contributed by atoms with van der Waals surface area (Å²) in [5, 5.41) is 3.02. The third-order valence-corrected chi connectivity index (χ3v) is 4.47. The van der Waals surface area contributed by atoms with Crippen LogP contribution in [0.15, 0.2) is 46.9 Å². The summed E-state index contributed by atoms with van der Waals surface area (Å²) in [5.41, 5.74) is 2.63. The van der Waals surface area contributed by atoms with Crippen LogP contribution in [0.3, 0.4) is 0 Å². The molecule has 1 amide bonds. The fourth-order valence-electron chi connectivity index (χ4n) is 2.37. The monoisotopic (exact) mass is 375 g/mol. The second kappa shape index (κ2) is 8.16. The van der Waals surface area contributed by atoms with Gasteiger partial charge in [0.1, 0.15) is 5.75 Å². The van der Waals surface area contributed by atoms with E-state index in [-0.39, 0.29) is 5.91 Å². The molecule has 0 saturated heterocycles. The van der Waals surface area contributed by atoms with Crippen molar-refractivity contribution in [2.24, 2.45) is 0 Å². The van der Waals surface area contributed by atoms with E-state index in [1.54, 1.807) is 12.1 Å². The van der Waals surface area contributed by atoms with E-state index < -0.39 is 0 Å². The Morgan fingerprint density at radius 2 is 1.96 bits per heavy atom. The molecule has 1 atom stereocenters. The maximum absolute atomic E-state index is 12.5. The Labute approximate surface area is 146 Å². The molecular weight excluding hydrogens is 354 g/mol. The molecule has 0 aliphatic rings. The van der Waals surface area contributed by atoms with Gasteiger partial charge in [-0.05, 0) is 65.0 Å². The molecule has 3 nitrogen and oxygen atoms in total. The van der Waals surface area contributed by atoms with Crippen LogP contribution in [0.1, 0.15) is 49.0 Å². The van der Waals surface area contributed by atoms with E-state index in [4.69, 9.17) is 4.74 Å². The summed E-state index contributed by atoms with van der Waals surface area (Å²) in [6.07, 6.45) is 1.03. The Kier molecular flexibility index (Phi) is 6.22. The Balaban J connectivity index is 2.21. The number of para-hydroxylation sites is 1. The van der Waals surface area contributed by atoms with Gasteiger partial charge in [0.05, 0.1) is 11.1 Å². The van der Waals surface area contributed by atoms with Crippen molar-refractivity contribution in [3.63, 3.8) is 0 Å². The molecule has 0 saturated carbocycles. The van der Waals surface area contributed by atoms with Gasteiger partial charge in [0.25, 0.3) is 5.91 Å².